The Morgan fingerprint density at radius 3 is 2.26 bits per heavy atom. The van der Waals surface area contributed by atoms with Gasteiger partial charge in [-0.25, -0.2) is 17.6 Å². The molecule has 0 heterocycles. The van der Waals surface area contributed by atoms with Crippen LogP contribution in [0.25, 0.3) is 0 Å². The van der Waals surface area contributed by atoms with Crippen LogP contribution in [0.2, 0.25) is 0 Å². The molecule has 0 aromatic heterocycles. The number of esters is 1. The summed E-state index contributed by atoms with van der Waals surface area (Å²) in [4.78, 5) is 11.1. The van der Waals surface area contributed by atoms with Crippen LogP contribution in [0.4, 0.5) is 10.1 Å². The molecule has 7 heteroatoms. The number of carbonyl (C=O) groups excluding carboxylic acids is 1. The molecule has 0 radical (unpaired) electrons. The lowest BCUT2D eigenvalue weighted by molar-refractivity contribution is -0.135. The molecule has 0 saturated heterocycles. The molecule has 0 atom stereocenters. The normalized spacial score (nSPS) is 11.8. The molecule has 120 valence electrons. The molecule has 0 amide bonds. The predicted molar refractivity (Wildman–Crippen MR) is 83.7 cm³/mol. The maximum Gasteiger partial charge on any atom is 0.351 e. The molecule has 0 saturated carbocycles. The predicted octanol–water partition coefficient (Wildman–Crippen LogP) is 2.73. The number of methoxy groups -OCH3 is 1. The van der Waals surface area contributed by atoms with E-state index in [1.54, 1.807) is 30.3 Å². The lowest BCUT2D eigenvalue weighted by Gasteiger charge is -2.08. The van der Waals surface area contributed by atoms with Crippen LogP contribution in [0.3, 0.4) is 0 Å². The van der Waals surface area contributed by atoms with Crippen LogP contribution in [0, 0.1) is 5.82 Å². The number of anilines is 1. The van der Waals surface area contributed by atoms with Gasteiger partial charge >= 0.3 is 5.97 Å². The monoisotopic (exact) mass is 335 g/mol. The highest BCUT2D eigenvalue weighted by Crippen LogP contribution is 2.21. The van der Waals surface area contributed by atoms with Crippen molar-refractivity contribution in [1.29, 1.82) is 0 Å². The minimum absolute atomic E-state index is 0.203. The number of para-hydroxylation sites is 1. The molecular formula is C16H14FNO4S. The van der Waals surface area contributed by atoms with Crippen molar-refractivity contribution >= 4 is 21.5 Å². The SMILES string of the molecule is COC(=O)C(=CNc1ccccc1)S(=O)(=O)c1ccc(F)cc1. The van der Waals surface area contributed by atoms with Crippen LogP contribution >= 0.6 is 0 Å². The van der Waals surface area contributed by atoms with Gasteiger partial charge < -0.3 is 10.1 Å². The minimum Gasteiger partial charge on any atom is -0.465 e. The summed E-state index contributed by atoms with van der Waals surface area (Å²) in [6.45, 7) is 0. The van der Waals surface area contributed by atoms with Crippen LogP contribution in [0.1, 0.15) is 0 Å². The third kappa shape index (κ3) is 3.95. The number of carbonyl (C=O) groups is 1. The number of halogens is 1. The number of hydrogen-bond acceptors (Lipinski definition) is 5. The van der Waals surface area contributed by atoms with Crippen LogP contribution < -0.4 is 5.32 Å². The molecule has 0 aliphatic carbocycles. The average molecular weight is 335 g/mol. The molecule has 5 nitrogen and oxygen atoms in total. The zero-order valence-corrected chi connectivity index (χ0v) is 13.0. The van der Waals surface area contributed by atoms with E-state index in [1.807, 2.05) is 0 Å². The van der Waals surface area contributed by atoms with Gasteiger partial charge in [-0.2, -0.15) is 0 Å². The largest absolute Gasteiger partial charge is 0.465 e. The minimum atomic E-state index is -4.14. The van der Waals surface area contributed by atoms with Crippen LogP contribution in [-0.2, 0) is 19.4 Å². The maximum absolute atomic E-state index is 13.0. The van der Waals surface area contributed by atoms with Gasteiger partial charge in [0.15, 0.2) is 4.91 Å². The third-order valence-corrected chi connectivity index (χ3v) is 4.70. The quantitative estimate of drug-likeness (QED) is 0.517. The summed E-state index contributed by atoms with van der Waals surface area (Å²) in [5.74, 6) is -1.59. The van der Waals surface area contributed by atoms with E-state index >= 15 is 0 Å². The zero-order chi connectivity index (χ0) is 16.9. The highest BCUT2D eigenvalue weighted by Gasteiger charge is 2.28. The van der Waals surface area contributed by atoms with E-state index in [0.717, 1.165) is 37.6 Å². The van der Waals surface area contributed by atoms with E-state index in [1.165, 1.54) is 0 Å². The summed E-state index contributed by atoms with van der Waals surface area (Å²) in [7, 11) is -3.06. The second-order valence-electron chi connectivity index (χ2n) is 4.47. The molecule has 2 aromatic rings. The molecule has 0 fully saturated rings. The van der Waals surface area contributed by atoms with Crippen molar-refractivity contribution in [1.82, 2.24) is 0 Å². The van der Waals surface area contributed by atoms with E-state index in [0.29, 0.717) is 5.69 Å². The van der Waals surface area contributed by atoms with E-state index in [9.17, 15) is 17.6 Å². The van der Waals surface area contributed by atoms with Crippen LogP contribution in [0.15, 0.2) is 70.6 Å². The fraction of sp³-hybridized carbons (Fsp3) is 0.0625. The summed E-state index contributed by atoms with van der Waals surface area (Å²) >= 11 is 0. The first-order valence-electron chi connectivity index (χ1n) is 6.56. The Kier molecular flexibility index (Phi) is 5.13. The van der Waals surface area contributed by atoms with Crippen molar-refractivity contribution < 1.29 is 22.3 Å². The first kappa shape index (κ1) is 16.7. The van der Waals surface area contributed by atoms with E-state index in [4.69, 9.17) is 0 Å². The number of sulfone groups is 1. The van der Waals surface area contributed by atoms with Gasteiger partial charge in [0.25, 0.3) is 0 Å². The lowest BCUT2D eigenvalue weighted by Crippen LogP contribution is -2.17. The van der Waals surface area contributed by atoms with Gasteiger partial charge in [-0.05, 0) is 36.4 Å². The molecule has 2 rings (SSSR count). The highest BCUT2D eigenvalue weighted by atomic mass is 32.2. The zero-order valence-electron chi connectivity index (χ0n) is 12.2. The van der Waals surface area contributed by atoms with Gasteiger partial charge in [0, 0.05) is 11.9 Å². The average Bonchev–Trinajstić information content (AvgIpc) is 2.56. The number of ether oxygens (including phenoxy) is 1. The summed E-state index contributed by atoms with van der Waals surface area (Å²) in [6, 6.07) is 12.9. The van der Waals surface area contributed by atoms with Crippen molar-refractivity contribution in [2.75, 3.05) is 12.4 Å². The third-order valence-electron chi connectivity index (χ3n) is 2.94. The molecule has 0 unspecified atom stereocenters. The van der Waals surface area contributed by atoms with E-state index < -0.39 is 26.5 Å². The van der Waals surface area contributed by atoms with E-state index in [-0.39, 0.29) is 4.90 Å². The number of hydrogen-bond donors (Lipinski definition) is 1. The van der Waals surface area contributed by atoms with Gasteiger partial charge in [0.2, 0.25) is 9.84 Å². The highest BCUT2D eigenvalue weighted by molar-refractivity contribution is 7.96. The summed E-state index contributed by atoms with van der Waals surface area (Å²) < 4.78 is 42.6. The Bertz CT molecular complexity index is 815. The van der Waals surface area contributed by atoms with Gasteiger partial charge in [0.05, 0.1) is 12.0 Å². The first-order valence-corrected chi connectivity index (χ1v) is 8.04. The topological polar surface area (TPSA) is 72.5 Å². The fourth-order valence-corrected chi connectivity index (χ4v) is 3.04. The number of nitrogens with one attached hydrogen (secondary N) is 1. The Labute approximate surface area is 133 Å². The van der Waals surface area contributed by atoms with Crippen molar-refractivity contribution in [3.05, 3.63) is 71.5 Å². The van der Waals surface area contributed by atoms with E-state index in [2.05, 4.69) is 10.1 Å². The Hall–Kier alpha value is -2.67. The van der Waals surface area contributed by atoms with Crippen molar-refractivity contribution in [2.24, 2.45) is 0 Å². The molecule has 0 spiro atoms. The Balaban J connectivity index is 2.41. The Morgan fingerprint density at radius 1 is 1.09 bits per heavy atom. The lowest BCUT2D eigenvalue weighted by atomic mass is 10.3. The maximum atomic E-state index is 13.0. The first-order chi connectivity index (χ1) is 10.9. The summed E-state index contributed by atoms with van der Waals surface area (Å²) in [6.07, 6.45) is 1.06. The second kappa shape index (κ2) is 7.06. The molecule has 0 aliphatic heterocycles. The van der Waals surface area contributed by atoms with Crippen molar-refractivity contribution in [3.8, 4) is 0 Å². The molecule has 1 N–H and O–H groups in total. The van der Waals surface area contributed by atoms with Crippen molar-refractivity contribution in [3.63, 3.8) is 0 Å². The molecule has 2 aromatic carbocycles. The number of benzene rings is 2. The summed E-state index contributed by atoms with van der Waals surface area (Å²) in [5.41, 5.74) is 0.600. The molecular weight excluding hydrogens is 321 g/mol. The Morgan fingerprint density at radius 2 is 1.70 bits per heavy atom. The molecule has 23 heavy (non-hydrogen) atoms. The van der Waals surface area contributed by atoms with Crippen molar-refractivity contribution in [2.45, 2.75) is 4.90 Å². The second-order valence-corrected chi connectivity index (χ2v) is 6.39. The number of rotatable bonds is 5. The fourth-order valence-electron chi connectivity index (χ4n) is 1.77. The summed E-state index contributed by atoms with van der Waals surface area (Å²) in [5, 5.41) is 2.73. The standard InChI is InChI=1S/C16H14FNO4S/c1-22-16(19)15(11-18-13-5-3-2-4-6-13)23(20,21)14-9-7-12(17)8-10-14/h2-11,18H,1H3. The van der Waals surface area contributed by atoms with Crippen LogP contribution in [-0.4, -0.2) is 21.5 Å². The van der Waals surface area contributed by atoms with Gasteiger partial charge in [-0.3, -0.25) is 0 Å². The van der Waals surface area contributed by atoms with Gasteiger partial charge in [-0.15, -0.1) is 0 Å². The smallest absolute Gasteiger partial charge is 0.351 e. The molecule has 0 bridgehead atoms. The van der Waals surface area contributed by atoms with Crippen LogP contribution in [0.5, 0.6) is 0 Å². The molecule has 0 aliphatic rings. The van der Waals surface area contributed by atoms with Gasteiger partial charge in [0.1, 0.15) is 5.82 Å². The van der Waals surface area contributed by atoms with Gasteiger partial charge in [-0.1, -0.05) is 18.2 Å².